The van der Waals surface area contributed by atoms with Crippen molar-refractivity contribution < 1.29 is 29.4 Å². The normalized spacial score (nSPS) is 12.7. The van der Waals surface area contributed by atoms with Crippen molar-refractivity contribution in [2.75, 3.05) is 13.2 Å². The van der Waals surface area contributed by atoms with Crippen molar-refractivity contribution >= 4 is 17.5 Å². The molecule has 2 atom stereocenters. The molecule has 8 heteroatoms. The van der Waals surface area contributed by atoms with E-state index in [9.17, 15) is 19.5 Å². The lowest BCUT2D eigenvalue weighted by atomic mass is 9.99. The maximum Gasteiger partial charge on any atom is 0.321 e. The average Bonchev–Trinajstić information content (AvgIpc) is 2.80. The van der Waals surface area contributed by atoms with Crippen LogP contribution in [0.1, 0.15) is 31.2 Å². The summed E-state index contributed by atoms with van der Waals surface area (Å²) in [7, 11) is 0. The van der Waals surface area contributed by atoms with Gasteiger partial charge in [0, 0.05) is 6.42 Å². The van der Waals surface area contributed by atoms with Crippen molar-refractivity contribution in [1.29, 1.82) is 0 Å². The molecule has 0 aliphatic carbocycles. The predicted octanol–water partition coefficient (Wildman–Crippen LogP) is 2.40. The Balaban J connectivity index is 1.86. The lowest BCUT2D eigenvalue weighted by Crippen LogP contribution is -2.53. The quantitative estimate of drug-likeness (QED) is 0.177. The van der Waals surface area contributed by atoms with Crippen LogP contribution in [0.15, 0.2) is 60.7 Å². The van der Waals surface area contributed by atoms with Crippen LogP contribution in [-0.4, -0.2) is 53.1 Å². The van der Waals surface area contributed by atoms with Crippen LogP contribution in [0.5, 0.6) is 5.75 Å². The molecular weight excluding hydrogens is 412 g/mol. The molecule has 0 saturated heterocycles. The standard InChI is InChI=1S/C24H30N2O6/c27-21(14-8-3-9-15-32-19-12-6-2-7-13-19)23(22(28)17-25-31)26-20(24(29)30)16-18-10-4-1-5-11-18/h1-2,4-7,10-13,20,23,25-26,31H,3,8-9,14-17H2,(H,29,30)/t20?,23-/m1/s1. The molecule has 2 rings (SSSR count). The van der Waals surface area contributed by atoms with Crippen molar-refractivity contribution in [3.8, 4) is 5.75 Å². The van der Waals surface area contributed by atoms with E-state index in [2.05, 4.69) is 5.32 Å². The highest BCUT2D eigenvalue weighted by molar-refractivity contribution is 6.07. The molecule has 8 nitrogen and oxygen atoms in total. The van der Waals surface area contributed by atoms with Crippen molar-refractivity contribution in [2.45, 2.75) is 44.2 Å². The first kappa shape index (κ1) is 25.2. The van der Waals surface area contributed by atoms with E-state index < -0.39 is 36.2 Å². The zero-order valence-electron chi connectivity index (χ0n) is 17.9. The first-order chi connectivity index (χ1) is 15.5. The molecule has 0 spiro atoms. The Bertz CT molecular complexity index is 844. The SMILES string of the molecule is O=C(O)C(Cc1ccccc1)N[C@H](C(=O)CCCCCOc1ccccc1)C(=O)CNO. The fourth-order valence-corrected chi connectivity index (χ4v) is 3.24. The van der Waals surface area contributed by atoms with Gasteiger partial charge in [0.1, 0.15) is 17.8 Å². The summed E-state index contributed by atoms with van der Waals surface area (Å²) in [5, 5.41) is 21.1. The van der Waals surface area contributed by atoms with E-state index in [-0.39, 0.29) is 12.8 Å². The molecule has 172 valence electrons. The second kappa shape index (κ2) is 14.1. The molecule has 0 radical (unpaired) electrons. The van der Waals surface area contributed by atoms with E-state index in [1.165, 1.54) is 0 Å². The van der Waals surface area contributed by atoms with Crippen molar-refractivity contribution in [1.82, 2.24) is 10.8 Å². The highest BCUT2D eigenvalue weighted by Crippen LogP contribution is 2.11. The maximum absolute atomic E-state index is 12.7. The van der Waals surface area contributed by atoms with Gasteiger partial charge in [0.2, 0.25) is 0 Å². The molecule has 0 amide bonds. The number of para-hydroxylation sites is 1. The number of carboxylic acids is 1. The Kier molecular flexibility index (Phi) is 11.1. The summed E-state index contributed by atoms with van der Waals surface area (Å²) < 4.78 is 5.61. The second-order valence-corrected chi connectivity index (χ2v) is 7.42. The Hall–Kier alpha value is -3.07. The van der Waals surface area contributed by atoms with Gasteiger partial charge >= 0.3 is 5.97 Å². The van der Waals surface area contributed by atoms with Crippen LogP contribution < -0.4 is 15.5 Å². The molecule has 2 aromatic carbocycles. The van der Waals surface area contributed by atoms with Crippen LogP contribution in [0.3, 0.4) is 0 Å². The van der Waals surface area contributed by atoms with Crippen LogP contribution >= 0.6 is 0 Å². The largest absolute Gasteiger partial charge is 0.494 e. The summed E-state index contributed by atoms with van der Waals surface area (Å²) in [6.07, 6.45) is 2.27. The number of ether oxygens (including phenoxy) is 1. The minimum Gasteiger partial charge on any atom is -0.494 e. The number of carbonyl (C=O) groups excluding carboxylic acids is 2. The minimum atomic E-state index is -1.31. The van der Waals surface area contributed by atoms with E-state index in [1.54, 1.807) is 29.7 Å². The molecule has 4 N–H and O–H groups in total. The number of unbranched alkanes of at least 4 members (excludes halogenated alkanes) is 2. The average molecular weight is 443 g/mol. The number of ketones is 2. The minimum absolute atomic E-state index is 0.122. The van der Waals surface area contributed by atoms with Crippen LogP contribution in [-0.2, 0) is 20.8 Å². The number of hydroxylamine groups is 1. The Morgan fingerprint density at radius 1 is 0.875 bits per heavy atom. The van der Waals surface area contributed by atoms with E-state index in [4.69, 9.17) is 9.94 Å². The van der Waals surface area contributed by atoms with Gasteiger partial charge in [-0.15, -0.1) is 0 Å². The van der Waals surface area contributed by atoms with E-state index >= 15 is 0 Å². The third-order valence-electron chi connectivity index (χ3n) is 4.93. The molecule has 0 aromatic heterocycles. The highest BCUT2D eigenvalue weighted by Gasteiger charge is 2.30. The van der Waals surface area contributed by atoms with Gasteiger partial charge in [-0.1, -0.05) is 48.5 Å². The molecule has 0 fully saturated rings. The third-order valence-corrected chi connectivity index (χ3v) is 4.93. The zero-order chi connectivity index (χ0) is 23.2. The molecule has 1 unspecified atom stereocenters. The van der Waals surface area contributed by atoms with Gasteiger partial charge in [-0.25, -0.2) is 0 Å². The number of benzene rings is 2. The topological polar surface area (TPSA) is 125 Å². The molecular formula is C24H30N2O6. The van der Waals surface area contributed by atoms with Crippen molar-refractivity contribution in [3.63, 3.8) is 0 Å². The Labute approximate surface area is 187 Å². The number of hydrogen-bond acceptors (Lipinski definition) is 7. The van der Waals surface area contributed by atoms with E-state index in [0.29, 0.717) is 13.0 Å². The summed E-state index contributed by atoms with van der Waals surface area (Å²) in [5.74, 6) is -1.37. The van der Waals surface area contributed by atoms with Gasteiger partial charge in [0.25, 0.3) is 0 Å². The molecule has 0 aliphatic rings. The summed E-state index contributed by atoms with van der Waals surface area (Å²) in [4.78, 5) is 36.8. The molecule has 0 heterocycles. The van der Waals surface area contributed by atoms with Gasteiger partial charge < -0.3 is 15.1 Å². The number of aliphatic carboxylic acids is 1. The van der Waals surface area contributed by atoms with Gasteiger partial charge in [-0.05, 0) is 43.4 Å². The summed E-state index contributed by atoms with van der Waals surface area (Å²) in [6, 6.07) is 16.0. The number of Topliss-reactive ketones (excluding diaryl/α,β-unsaturated/α-hetero) is 2. The highest BCUT2D eigenvalue weighted by atomic mass is 16.5. The number of hydrogen-bond donors (Lipinski definition) is 4. The monoisotopic (exact) mass is 442 g/mol. The summed E-state index contributed by atoms with van der Waals surface area (Å²) >= 11 is 0. The van der Waals surface area contributed by atoms with Crippen LogP contribution in [0.4, 0.5) is 0 Å². The Morgan fingerprint density at radius 2 is 1.53 bits per heavy atom. The fraction of sp³-hybridized carbons (Fsp3) is 0.375. The molecule has 0 aliphatic heterocycles. The van der Waals surface area contributed by atoms with Gasteiger partial charge in [0.05, 0.1) is 13.2 Å². The summed E-state index contributed by atoms with van der Waals surface area (Å²) in [5.41, 5.74) is 2.52. The van der Waals surface area contributed by atoms with Gasteiger partial charge in [-0.3, -0.25) is 19.7 Å². The maximum atomic E-state index is 12.7. The van der Waals surface area contributed by atoms with Crippen LogP contribution in [0.25, 0.3) is 0 Å². The Morgan fingerprint density at radius 3 is 2.16 bits per heavy atom. The molecule has 2 aromatic rings. The molecule has 0 saturated carbocycles. The third kappa shape index (κ3) is 8.97. The van der Waals surface area contributed by atoms with E-state index in [0.717, 1.165) is 24.2 Å². The first-order valence-electron chi connectivity index (χ1n) is 10.6. The van der Waals surface area contributed by atoms with Gasteiger partial charge in [0.15, 0.2) is 11.6 Å². The molecule has 32 heavy (non-hydrogen) atoms. The van der Waals surface area contributed by atoms with Crippen LogP contribution in [0, 0.1) is 0 Å². The number of rotatable bonds is 16. The smallest absolute Gasteiger partial charge is 0.321 e. The predicted molar refractivity (Wildman–Crippen MR) is 119 cm³/mol. The number of nitrogens with one attached hydrogen (secondary N) is 2. The summed E-state index contributed by atoms with van der Waals surface area (Å²) in [6.45, 7) is 0.0669. The number of carbonyl (C=O) groups is 3. The van der Waals surface area contributed by atoms with E-state index in [1.807, 2.05) is 36.4 Å². The van der Waals surface area contributed by atoms with Crippen molar-refractivity contribution in [3.05, 3.63) is 66.2 Å². The lowest BCUT2D eigenvalue weighted by Gasteiger charge is -2.21. The lowest BCUT2D eigenvalue weighted by molar-refractivity contribution is -0.140. The molecule has 0 bridgehead atoms. The van der Waals surface area contributed by atoms with Gasteiger partial charge in [-0.2, -0.15) is 5.48 Å². The zero-order valence-corrected chi connectivity index (χ0v) is 17.9. The van der Waals surface area contributed by atoms with Crippen LogP contribution in [0.2, 0.25) is 0 Å². The van der Waals surface area contributed by atoms with Crippen molar-refractivity contribution in [2.24, 2.45) is 0 Å². The first-order valence-corrected chi connectivity index (χ1v) is 10.6. The second-order valence-electron chi connectivity index (χ2n) is 7.42. The number of carboxylic acid groups (broad SMARTS) is 1. The fourth-order valence-electron chi connectivity index (χ4n) is 3.24.